The molecule has 2 aromatic rings. The molecule has 0 atom stereocenters. The molecule has 2 N–H and O–H groups in total. The Morgan fingerprint density at radius 1 is 1.00 bits per heavy atom. The lowest BCUT2D eigenvalue weighted by Crippen LogP contribution is -2.56. The van der Waals surface area contributed by atoms with Gasteiger partial charge in [0, 0.05) is 17.3 Å². The zero-order chi connectivity index (χ0) is 15.0. The smallest absolute Gasteiger partial charge is 0.272 e. The van der Waals surface area contributed by atoms with Crippen LogP contribution in [0.4, 0.5) is 0 Å². The van der Waals surface area contributed by atoms with Gasteiger partial charge in [-0.3, -0.25) is 19.4 Å². The van der Waals surface area contributed by atoms with Gasteiger partial charge in [-0.25, -0.2) is 0 Å². The first-order valence-corrected chi connectivity index (χ1v) is 6.18. The molecule has 6 nitrogen and oxygen atoms in total. The van der Waals surface area contributed by atoms with Crippen LogP contribution in [0.25, 0.3) is 0 Å². The van der Waals surface area contributed by atoms with E-state index in [9.17, 15) is 19.5 Å². The maximum absolute atomic E-state index is 12.2. The van der Waals surface area contributed by atoms with Gasteiger partial charge in [0.15, 0.2) is 0 Å². The van der Waals surface area contributed by atoms with Crippen molar-refractivity contribution in [2.24, 2.45) is 0 Å². The Balaban J connectivity index is 1.95. The fraction of sp³-hybridized carbons (Fsp3) is 0.0667. The third-order valence-corrected chi connectivity index (χ3v) is 3.27. The minimum Gasteiger partial charge on any atom is -0.358 e. The number of nitrogens with zero attached hydrogens (tertiary/aromatic N) is 1. The molecule has 0 spiro atoms. The highest BCUT2D eigenvalue weighted by Gasteiger charge is 2.53. The van der Waals surface area contributed by atoms with Gasteiger partial charge in [0.1, 0.15) is 5.69 Å². The Morgan fingerprint density at radius 2 is 1.57 bits per heavy atom. The Kier molecular flexibility index (Phi) is 2.88. The van der Waals surface area contributed by atoms with Crippen LogP contribution in [0, 0.1) is 0 Å². The average Bonchev–Trinajstić information content (AvgIpc) is 2.71. The largest absolute Gasteiger partial charge is 0.358 e. The number of carbonyl (C=O) groups excluding carboxylic acids is 3. The Labute approximate surface area is 119 Å². The zero-order valence-electron chi connectivity index (χ0n) is 10.7. The van der Waals surface area contributed by atoms with Crippen molar-refractivity contribution < 1.29 is 19.5 Å². The summed E-state index contributed by atoms with van der Waals surface area (Å²) in [5.74, 6) is -2.48. The van der Waals surface area contributed by atoms with E-state index in [1.165, 1.54) is 24.4 Å². The molecule has 21 heavy (non-hydrogen) atoms. The minimum absolute atomic E-state index is 0.00230. The second kappa shape index (κ2) is 4.60. The molecule has 0 saturated heterocycles. The van der Waals surface area contributed by atoms with Crippen LogP contribution in [-0.4, -0.2) is 33.3 Å². The molecule has 1 aliphatic carbocycles. The quantitative estimate of drug-likeness (QED) is 0.620. The summed E-state index contributed by atoms with van der Waals surface area (Å²) in [6, 6.07) is 10.6. The number of Topliss-reactive ketones (excluding diaryl/α,β-unsaturated/α-hetero) is 2. The normalized spacial score (nSPS) is 15.7. The highest BCUT2D eigenvalue weighted by molar-refractivity contribution is 6.32. The molecular formula is C15H10N2O4. The van der Waals surface area contributed by atoms with Crippen molar-refractivity contribution in [2.75, 3.05) is 0 Å². The van der Waals surface area contributed by atoms with Gasteiger partial charge >= 0.3 is 0 Å². The molecule has 1 aromatic carbocycles. The summed E-state index contributed by atoms with van der Waals surface area (Å²) in [7, 11) is 0. The molecule has 1 heterocycles. The van der Waals surface area contributed by atoms with E-state index in [2.05, 4.69) is 10.3 Å². The van der Waals surface area contributed by atoms with Gasteiger partial charge < -0.3 is 10.4 Å². The Bertz CT molecular complexity index is 720. The molecule has 6 heteroatoms. The average molecular weight is 282 g/mol. The summed E-state index contributed by atoms with van der Waals surface area (Å²) in [6.45, 7) is 0. The number of aromatic nitrogens is 1. The number of pyridine rings is 1. The van der Waals surface area contributed by atoms with Crippen LogP contribution < -0.4 is 5.32 Å². The third kappa shape index (κ3) is 1.93. The summed E-state index contributed by atoms with van der Waals surface area (Å²) < 4.78 is 0. The molecule has 0 unspecified atom stereocenters. The Hall–Kier alpha value is -2.86. The Morgan fingerprint density at radius 3 is 2.10 bits per heavy atom. The molecule has 0 aliphatic heterocycles. The number of hydrogen-bond acceptors (Lipinski definition) is 5. The van der Waals surface area contributed by atoms with E-state index >= 15 is 0 Å². The predicted molar refractivity (Wildman–Crippen MR) is 71.8 cm³/mol. The van der Waals surface area contributed by atoms with Gasteiger partial charge in [0.05, 0.1) is 0 Å². The van der Waals surface area contributed by atoms with E-state index in [4.69, 9.17) is 0 Å². The van der Waals surface area contributed by atoms with Crippen LogP contribution in [0.3, 0.4) is 0 Å². The van der Waals surface area contributed by atoms with Gasteiger partial charge in [-0.05, 0) is 12.1 Å². The van der Waals surface area contributed by atoms with Crippen molar-refractivity contribution in [3.63, 3.8) is 0 Å². The second-order valence-electron chi connectivity index (χ2n) is 4.58. The van der Waals surface area contributed by atoms with E-state index in [-0.39, 0.29) is 16.8 Å². The van der Waals surface area contributed by atoms with Crippen LogP contribution in [0.5, 0.6) is 0 Å². The molecule has 0 radical (unpaired) electrons. The molecular weight excluding hydrogens is 272 g/mol. The number of aliphatic hydroxyl groups is 1. The van der Waals surface area contributed by atoms with Crippen LogP contribution in [0.1, 0.15) is 31.2 Å². The van der Waals surface area contributed by atoms with Gasteiger partial charge in [-0.15, -0.1) is 0 Å². The summed E-state index contributed by atoms with van der Waals surface area (Å²) in [5, 5.41) is 12.4. The number of amides is 1. The summed E-state index contributed by atoms with van der Waals surface area (Å²) in [5.41, 5.74) is -2.39. The van der Waals surface area contributed by atoms with E-state index in [1.54, 1.807) is 24.3 Å². The van der Waals surface area contributed by atoms with E-state index in [1.807, 2.05) is 0 Å². The molecule has 3 rings (SSSR count). The number of carbonyl (C=O) groups is 3. The summed E-state index contributed by atoms with van der Waals surface area (Å²) in [4.78, 5) is 40.2. The lowest BCUT2D eigenvalue weighted by atomic mass is 10.1. The van der Waals surface area contributed by atoms with Crippen molar-refractivity contribution in [2.45, 2.75) is 5.72 Å². The third-order valence-electron chi connectivity index (χ3n) is 3.27. The first-order chi connectivity index (χ1) is 10.0. The first kappa shape index (κ1) is 13.1. The fourth-order valence-electron chi connectivity index (χ4n) is 2.21. The van der Waals surface area contributed by atoms with Crippen LogP contribution in [0.15, 0.2) is 48.7 Å². The number of nitrogens with one attached hydrogen (secondary N) is 1. The van der Waals surface area contributed by atoms with E-state index in [0.29, 0.717) is 0 Å². The molecule has 0 fully saturated rings. The lowest BCUT2D eigenvalue weighted by molar-refractivity contribution is 0.0191. The number of fused-ring (bicyclic) bond motifs is 1. The SMILES string of the molecule is O=C(NC1(O)C(=O)c2ccccc2C1=O)c1ccccn1. The number of ketones is 2. The molecule has 1 aromatic heterocycles. The predicted octanol–water partition coefficient (Wildman–Crippen LogP) is 0.579. The van der Waals surface area contributed by atoms with Crippen molar-refractivity contribution >= 4 is 17.5 Å². The van der Waals surface area contributed by atoms with Crippen molar-refractivity contribution in [3.05, 3.63) is 65.5 Å². The fourth-order valence-corrected chi connectivity index (χ4v) is 2.21. The van der Waals surface area contributed by atoms with Crippen LogP contribution in [0.2, 0.25) is 0 Å². The topological polar surface area (TPSA) is 96.4 Å². The van der Waals surface area contributed by atoms with Crippen molar-refractivity contribution in [3.8, 4) is 0 Å². The van der Waals surface area contributed by atoms with Gasteiger partial charge in [-0.1, -0.05) is 30.3 Å². The highest BCUT2D eigenvalue weighted by atomic mass is 16.3. The highest BCUT2D eigenvalue weighted by Crippen LogP contribution is 2.28. The second-order valence-corrected chi connectivity index (χ2v) is 4.58. The van der Waals surface area contributed by atoms with E-state index < -0.39 is 23.2 Å². The molecule has 1 amide bonds. The maximum atomic E-state index is 12.2. The van der Waals surface area contributed by atoms with Crippen LogP contribution >= 0.6 is 0 Å². The van der Waals surface area contributed by atoms with Crippen LogP contribution in [-0.2, 0) is 0 Å². The zero-order valence-corrected chi connectivity index (χ0v) is 10.7. The maximum Gasteiger partial charge on any atom is 0.272 e. The van der Waals surface area contributed by atoms with E-state index in [0.717, 1.165) is 0 Å². The molecule has 0 bridgehead atoms. The number of benzene rings is 1. The van der Waals surface area contributed by atoms with Gasteiger partial charge in [-0.2, -0.15) is 0 Å². The van der Waals surface area contributed by atoms with Crippen molar-refractivity contribution in [1.29, 1.82) is 0 Å². The number of hydrogen-bond donors (Lipinski definition) is 2. The molecule has 104 valence electrons. The van der Waals surface area contributed by atoms with Gasteiger partial charge in [0.25, 0.3) is 11.6 Å². The first-order valence-electron chi connectivity index (χ1n) is 6.18. The standard InChI is InChI=1S/C15H10N2O4/c18-12-9-5-1-2-6-10(9)13(19)15(12,21)17-14(20)11-7-3-4-8-16-11/h1-8,21H,(H,17,20). The monoisotopic (exact) mass is 282 g/mol. The molecule has 0 saturated carbocycles. The summed E-state index contributed by atoms with van der Waals surface area (Å²) >= 11 is 0. The van der Waals surface area contributed by atoms with Gasteiger partial charge in [0.2, 0.25) is 11.6 Å². The summed E-state index contributed by atoms with van der Waals surface area (Å²) in [6.07, 6.45) is 1.39. The lowest BCUT2D eigenvalue weighted by Gasteiger charge is -2.20. The van der Waals surface area contributed by atoms with Crippen molar-refractivity contribution in [1.82, 2.24) is 10.3 Å². The number of rotatable bonds is 2. The minimum atomic E-state index is -2.57. The molecule has 1 aliphatic rings.